The summed E-state index contributed by atoms with van der Waals surface area (Å²) in [6, 6.07) is 6.69. The minimum absolute atomic E-state index is 0. The molecule has 0 aliphatic heterocycles. The van der Waals surface area contributed by atoms with Gasteiger partial charge in [-0.15, -0.1) is 35.3 Å². The lowest BCUT2D eigenvalue weighted by molar-refractivity contribution is 0.688. The quantitative estimate of drug-likeness (QED) is 0.376. The van der Waals surface area contributed by atoms with Crippen molar-refractivity contribution in [1.82, 2.24) is 10.6 Å². The summed E-state index contributed by atoms with van der Waals surface area (Å²) in [5, 5.41) is 13.2. The van der Waals surface area contributed by atoms with Gasteiger partial charge in [0.15, 0.2) is 5.96 Å². The SMILES string of the molecule is CCNC(=NCC(C)c1ccsc1)NC(C)c1cccs1.I. The van der Waals surface area contributed by atoms with Crippen molar-refractivity contribution in [2.45, 2.75) is 32.7 Å². The van der Waals surface area contributed by atoms with Crippen LogP contribution in [0.25, 0.3) is 0 Å². The van der Waals surface area contributed by atoms with Crippen LogP contribution >= 0.6 is 46.7 Å². The van der Waals surface area contributed by atoms with Gasteiger partial charge >= 0.3 is 0 Å². The Morgan fingerprint density at radius 1 is 1.27 bits per heavy atom. The van der Waals surface area contributed by atoms with Gasteiger partial charge in [0.05, 0.1) is 6.04 Å². The Hall–Kier alpha value is -0.600. The molecule has 0 aliphatic carbocycles. The smallest absolute Gasteiger partial charge is 0.191 e. The molecule has 122 valence electrons. The van der Waals surface area contributed by atoms with E-state index in [1.165, 1.54) is 10.4 Å². The third kappa shape index (κ3) is 5.89. The van der Waals surface area contributed by atoms with E-state index >= 15 is 0 Å². The Balaban J connectivity index is 0.00000242. The molecule has 2 rings (SSSR count). The highest BCUT2D eigenvalue weighted by atomic mass is 127. The molecule has 22 heavy (non-hydrogen) atoms. The molecule has 0 aromatic carbocycles. The van der Waals surface area contributed by atoms with Gasteiger partial charge < -0.3 is 10.6 Å². The summed E-state index contributed by atoms with van der Waals surface area (Å²) in [5.41, 5.74) is 1.37. The number of rotatable bonds is 6. The minimum atomic E-state index is 0. The van der Waals surface area contributed by atoms with Crippen LogP contribution in [-0.4, -0.2) is 19.0 Å². The van der Waals surface area contributed by atoms with Crippen LogP contribution in [0.1, 0.15) is 43.2 Å². The second-order valence-electron chi connectivity index (χ2n) is 5.06. The molecule has 0 saturated heterocycles. The van der Waals surface area contributed by atoms with E-state index in [1.54, 1.807) is 22.7 Å². The fraction of sp³-hybridized carbons (Fsp3) is 0.438. The van der Waals surface area contributed by atoms with Crippen LogP contribution in [0.15, 0.2) is 39.3 Å². The molecule has 2 aromatic rings. The summed E-state index contributed by atoms with van der Waals surface area (Å²) in [4.78, 5) is 6.05. The molecule has 2 aromatic heterocycles. The van der Waals surface area contributed by atoms with Crippen molar-refractivity contribution in [3.05, 3.63) is 44.8 Å². The van der Waals surface area contributed by atoms with Crippen LogP contribution < -0.4 is 10.6 Å². The average Bonchev–Trinajstić information content (AvgIpc) is 3.16. The van der Waals surface area contributed by atoms with Gasteiger partial charge in [-0.1, -0.05) is 13.0 Å². The number of nitrogens with one attached hydrogen (secondary N) is 2. The maximum Gasteiger partial charge on any atom is 0.191 e. The number of thiophene rings is 2. The zero-order chi connectivity index (χ0) is 15.1. The molecule has 2 atom stereocenters. The molecular formula is C16H24IN3S2. The first-order chi connectivity index (χ1) is 10.2. The van der Waals surface area contributed by atoms with Crippen molar-refractivity contribution in [2.24, 2.45) is 4.99 Å². The van der Waals surface area contributed by atoms with Gasteiger partial charge in [-0.05, 0) is 47.7 Å². The number of hydrogen-bond acceptors (Lipinski definition) is 3. The molecule has 6 heteroatoms. The number of aliphatic imine (C=N–C) groups is 1. The van der Waals surface area contributed by atoms with E-state index in [1.807, 2.05) is 0 Å². The zero-order valence-corrected chi connectivity index (χ0v) is 17.2. The molecule has 0 fully saturated rings. The Kier molecular flexibility index (Phi) is 9.04. The second-order valence-corrected chi connectivity index (χ2v) is 6.82. The molecule has 0 bridgehead atoms. The largest absolute Gasteiger partial charge is 0.357 e. The summed E-state index contributed by atoms with van der Waals surface area (Å²) in [6.07, 6.45) is 0. The van der Waals surface area contributed by atoms with Crippen LogP contribution in [0.2, 0.25) is 0 Å². The predicted octanol–water partition coefficient (Wildman–Crippen LogP) is 4.85. The highest BCUT2D eigenvalue weighted by Crippen LogP contribution is 2.19. The van der Waals surface area contributed by atoms with Gasteiger partial charge in [-0.25, -0.2) is 0 Å². The summed E-state index contributed by atoms with van der Waals surface area (Å²) in [5.74, 6) is 1.34. The zero-order valence-electron chi connectivity index (χ0n) is 13.2. The molecule has 2 heterocycles. The van der Waals surface area contributed by atoms with E-state index < -0.39 is 0 Å². The lowest BCUT2D eigenvalue weighted by Gasteiger charge is -2.17. The third-order valence-electron chi connectivity index (χ3n) is 3.30. The normalized spacial score (nSPS) is 14.0. The summed E-state index contributed by atoms with van der Waals surface area (Å²) < 4.78 is 0. The lowest BCUT2D eigenvalue weighted by atomic mass is 10.1. The van der Waals surface area contributed by atoms with Gasteiger partial charge in [-0.2, -0.15) is 11.3 Å². The average molecular weight is 449 g/mol. The first-order valence-electron chi connectivity index (χ1n) is 7.31. The Morgan fingerprint density at radius 2 is 2.09 bits per heavy atom. The fourth-order valence-corrected chi connectivity index (χ4v) is 3.54. The molecule has 0 radical (unpaired) electrons. The van der Waals surface area contributed by atoms with Crippen molar-refractivity contribution in [3.63, 3.8) is 0 Å². The third-order valence-corrected chi connectivity index (χ3v) is 5.06. The number of nitrogens with zero attached hydrogens (tertiary/aromatic N) is 1. The predicted molar refractivity (Wildman–Crippen MR) is 110 cm³/mol. The van der Waals surface area contributed by atoms with E-state index in [4.69, 9.17) is 4.99 Å². The van der Waals surface area contributed by atoms with E-state index in [2.05, 4.69) is 65.7 Å². The van der Waals surface area contributed by atoms with Crippen molar-refractivity contribution in [2.75, 3.05) is 13.1 Å². The Bertz CT molecular complexity index is 538. The van der Waals surface area contributed by atoms with Crippen LogP contribution in [0.5, 0.6) is 0 Å². The van der Waals surface area contributed by atoms with E-state index in [-0.39, 0.29) is 30.0 Å². The van der Waals surface area contributed by atoms with Gasteiger partial charge in [-0.3, -0.25) is 4.99 Å². The maximum absolute atomic E-state index is 4.72. The first-order valence-corrected chi connectivity index (χ1v) is 9.13. The molecule has 0 amide bonds. The fourth-order valence-electron chi connectivity index (χ4n) is 2.02. The molecule has 2 N–H and O–H groups in total. The standard InChI is InChI=1S/C16H23N3S2.HI/c1-4-17-16(19-13(3)15-6-5-8-21-15)18-10-12(2)14-7-9-20-11-14;/h5-9,11-13H,4,10H2,1-3H3,(H2,17,18,19);1H. The number of guanidine groups is 1. The van der Waals surface area contributed by atoms with E-state index in [9.17, 15) is 0 Å². The van der Waals surface area contributed by atoms with E-state index in [0.29, 0.717) is 5.92 Å². The second kappa shape index (κ2) is 10.2. The number of halogens is 1. The molecular weight excluding hydrogens is 425 g/mol. The minimum Gasteiger partial charge on any atom is -0.357 e. The highest BCUT2D eigenvalue weighted by molar-refractivity contribution is 14.0. The lowest BCUT2D eigenvalue weighted by Crippen LogP contribution is -2.38. The van der Waals surface area contributed by atoms with Crippen LogP contribution in [0.3, 0.4) is 0 Å². The molecule has 0 saturated carbocycles. The van der Waals surface area contributed by atoms with E-state index in [0.717, 1.165) is 19.0 Å². The first kappa shape index (κ1) is 19.4. The molecule has 0 spiro atoms. The number of hydrogen-bond donors (Lipinski definition) is 2. The molecule has 3 nitrogen and oxygen atoms in total. The Labute approximate surface area is 158 Å². The van der Waals surface area contributed by atoms with Crippen molar-refractivity contribution < 1.29 is 0 Å². The van der Waals surface area contributed by atoms with Gasteiger partial charge in [0.1, 0.15) is 0 Å². The van der Waals surface area contributed by atoms with Gasteiger partial charge in [0.2, 0.25) is 0 Å². The summed E-state index contributed by atoms with van der Waals surface area (Å²) >= 11 is 3.51. The topological polar surface area (TPSA) is 36.4 Å². The van der Waals surface area contributed by atoms with Crippen molar-refractivity contribution in [1.29, 1.82) is 0 Å². The monoisotopic (exact) mass is 449 g/mol. The van der Waals surface area contributed by atoms with Gasteiger partial charge in [0, 0.05) is 23.9 Å². The van der Waals surface area contributed by atoms with Crippen molar-refractivity contribution in [3.8, 4) is 0 Å². The van der Waals surface area contributed by atoms with Crippen molar-refractivity contribution >= 4 is 52.6 Å². The Morgan fingerprint density at radius 3 is 2.68 bits per heavy atom. The van der Waals surface area contributed by atoms with Crippen LogP contribution in [0, 0.1) is 0 Å². The highest BCUT2D eigenvalue weighted by Gasteiger charge is 2.10. The molecule has 2 unspecified atom stereocenters. The molecule has 0 aliphatic rings. The summed E-state index contributed by atoms with van der Waals surface area (Å²) in [7, 11) is 0. The maximum atomic E-state index is 4.72. The van der Waals surface area contributed by atoms with Gasteiger partial charge in [0.25, 0.3) is 0 Å². The summed E-state index contributed by atoms with van der Waals surface area (Å²) in [6.45, 7) is 8.15. The van der Waals surface area contributed by atoms with Crippen LogP contribution in [0.4, 0.5) is 0 Å². The van der Waals surface area contributed by atoms with Crippen LogP contribution in [-0.2, 0) is 0 Å².